The highest BCUT2D eigenvalue weighted by Gasteiger charge is 2.26. The van der Waals surface area contributed by atoms with Crippen LogP contribution in [0.5, 0.6) is 0 Å². The number of anilines is 1. The van der Waals surface area contributed by atoms with Gasteiger partial charge in [-0.1, -0.05) is 35.3 Å². The molecule has 0 aliphatic carbocycles. The number of benzene rings is 2. The van der Waals surface area contributed by atoms with Gasteiger partial charge in [-0.25, -0.2) is 0 Å². The third-order valence-electron chi connectivity index (χ3n) is 5.04. The molecule has 26 heavy (non-hydrogen) atoms. The summed E-state index contributed by atoms with van der Waals surface area (Å²) in [6, 6.07) is 11.8. The lowest BCUT2D eigenvalue weighted by atomic mass is 9.96. The summed E-state index contributed by atoms with van der Waals surface area (Å²) in [5.74, 6) is 0.111. The van der Waals surface area contributed by atoms with E-state index in [0.29, 0.717) is 10.0 Å². The highest BCUT2D eigenvalue weighted by molar-refractivity contribution is 6.42. The van der Waals surface area contributed by atoms with Crippen molar-refractivity contribution in [3.8, 4) is 0 Å². The van der Waals surface area contributed by atoms with Crippen molar-refractivity contribution in [1.29, 1.82) is 0 Å². The van der Waals surface area contributed by atoms with E-state index in [4.69, 9.17) is 23.2 Å². The van der Waals surface area contributed by atoms with Crippen molar-refractivity contribution < 1.29 is 4.79 Å². The van der Waals surface area contributed by atoms with Crippen LogP contribution in [0, 0.1) is 19.8 Å². The van der Waals surface area contributed by atoms with E-state index >= 15 is 0 Å². The molecule has 138 valence electrons. The number of hydrogen-bond acceptors (Lipinski definition) is 2. The molecule has 1 fully saturated rings. The van der Waals surface area contributed by atoms with Crippen molar-refractivity contribution in [3.05, 3.63) is 63.1 Å². The quantitative estimate of drug-likeness (QED) is 0.751. The second-order valence-electron chi connectivity index (χ2n) is 7.11. The lowest BCUT2D eigenvalue weighted by molar-refractivity contribution is -0.121. The van der Waals surface area contributed by atoms with Gasteiger partial charge >= 0.3 is 0 Å². The smallest absolute Gasteiger partial charge is 0.228 e. The van der Waals surface area contributed by atoms with Crippen LogP contribution >= 0.6 is 23.2 Å². The second-order valence-corrected chi connectivity index (χ2v) is 7.93. The van der Waals surface area contributed by atoms with E-state index in [-0.39, 0.29) is 11.8 Å². The average Bonchev–Trinajstić information content (AvgIpc) is 2.61. The number of nitrogens with zero attached hydrogens (tertiary/aromatic N) is 1. The lowest BCUT2D eigenvalue weighted by Gasteiger charge is -2.32. The van der Waals surface area contributed by atoms with Crippen molar-refractivity contribution in [3.63, 3.8) is 0 Å². The molecular weight excluding hydrogens is 367 g/mol. The van der Waals surface area contributed by atoms with E-state index in [1.807, 2.05) is 36.4 Å². The third-order valence-corrected chi connectivity index (χ3v) is 5.78. The molecule has 1 unspecified atom stereocenters. The van der Waals surface area contributed by atoms with Crippen molar-refractivity contribution in [1.82, 2.24) is 4.90 Å². The first kappa shape index (κ1) is 19.2. The predicted octanol–water partition coefficient (Wildman–Crippen LogP) is 5.46. The molecule has 1 saturated heterocycles. The number of nitrogens with one attached hydrogen (secondary N) is 1. The number of rotatable bonds is 4. The molecule has 0 spiro atoms. The largest absolute Gasteiger partial charge is 0.326 e. The molecule has 5 heteroatoms. The number of carbonyl (C=O) groups is 1. The summed E-state index contributed by atoms with van der Waals surface area (Å²) < 4.78 is 0. The fourth-order valence-electron chi connectivity index (χ4n) is 3.37. The highest BCUT2D eigenvalue weighted by Crippen LogP contribution is 2.25. The summed E-state index contributed by atoms with van der Waals surface area (Å²) in [6.45, 7) is 6.67. The van der Waals surface area contributed by atoms with Gasteiger partial charge in [0.1, 0.15) is 0 Å². The van der Waals surface area contributed by atoms with Gasteiger partial charge < -0.3 is 5.32 Å². The molecule has 0 radical (unpaired) electrons. The van der Waals surface area contributed by atoms with Crippen molar-refractivity contribution in [2.75, 3.05) is 18.4 Å². The first-order valence-corrected chi connectivity index (χ1v) is 9.72. The fraction of sp³-hybridized carbons (Fsp3) is 0.381. The van der Waals surface area contributed by atoms with E-state index in [9.17, 15) is 4.79 Å². The number of carbonyl (C=O) groups excluding carboxylic acids is 1. The standard InChI is InChI=1S/C21H24Cl2N2O/c1-14-5-7-18(10-15(14)2)24-21(26)17-4-3-9-25(13-17)12-16-6-8-19(22)20(23)11-16/h5-8,10-11,17H,3-4,9,12-13H2,1-2H3,(H,24,26). The van der Waals surface area contributed by atoms with Gasteiger partial charge in [0.2, 0.25) is 5.91 Å². The summed E-state index contributed by atoms with van der Waals surface area (Å²) >= 11 is 12.1. The molecule has 1 amide bonds. The van der Waals surface area contributed by atoms with E-state index in [2.05, 4.69) is 24.1 Å². The maximum absolute atomic E-state index is 12.7. The van der Waals surface area contributed by atoms with Gasteiger partial charge in [-0.3, -0.25) is 9.69 Å². The molecule has 1 aliphatic heterocycles. The minimum atomic E-state index is 0.00753. The third kappa shape index (κ3) is 4.79. The van der Waals surface area contributed by atoms with Crippen LogP contribution in [0.15, 0.2) is 36.4 Å². The van der Waals surface area contributed by atoms with Crippen LogP contribution in [0.2, 0.25) is 10.0 Å². The molecule has 0 bridgehead atoms. The normalized spacial score (nSPS) is 17.9. The van der Waals surface area contributed by atoms with Crippen molar-refractivity contribution in [2.45, 2.75) is 33.2 Å². The van der Waals surface area contributed by atoms with Crippen LogP contribution in [-0.2, 0) is 11.3 Å². The van der Waals surface area contributed by atoms with Gasteiger partial charge in [0.05, 0.1) is 16.0 Å². The van der Waals surface area contributed by atoms with Gasteiger partial charge in [-0.2, -0.15) is 0 Å². The van der Waals surface area contributed by atoms with Gasteiger partial charge in [0.15, 0.2) is 0 Å². The number of halogens is 2. The van der Waals surface area contributed by atoms with Crippen LogP contribution in [0.3, 0.4) is 0 Å². The lowest BCUT2D eigenvalue weighted by Crippen LogP contribution is -2.40. The SMILES string of the molecule is Cc1ccc(NC(=O)C2CCCN(Cc3ccc(Cl)c(Cl)c3)C2)cc1C. The van der Waals surface area contributed by atoms with E-state index in [1.54, 1.807) is 0 Å². The van der Waals surface area contributed by atoms with Crippen LogP contribution in [0.1, 0.15) is 29.5 Å². The van der Waals surface area contributed by atoms with E-state index in [0.717, 1.165) is 43.7 Å². The molecule has 0 saturated carbocycles. The average molecular weight is 391 g/mol. The summed E-state index contributed by atoms with van der Waals surface area (Å²) in [5.41, 5.74) is 4.41. The molecule has 0 aromatic heterocycles. The number of hydrogen-bond donors (Lipinski definition) is 1. The monoisotopic (exact) mass is 390 g/mol. The predicted molar refractivity (Wildman–Crippen MR) is 109 cm³/mol. The maximum Gasteiger partial charge on any atom is 0.228 e. The van der Waals surface area contributed by atoms with Crippen LogP contribution in [-0.4, -0.2) is 23.9 Å². The molecular formula is C21H24Cl2N2O. The minimum Gasteiger partial charge on any atom is -0.326 e. The Balaban J connectivity index is 1.61. The molecule has 1 heterocycles. The van der Waals surface area contributed by atoms with Crippen LogP contribution < -0.4 is 5.32 Å². The van der Waals surface area contributed by atoms with E-state index in [1.165, 1.54) is 11.1 Å². The Hall–Kier alpha value is -1.55. The minimum absolute atomic E-state index is 0.00753. The first-order valence-electron chi connectivity index (χ1n) is 8.97. The number of aryl methyl sites for hydroxylation is 2. The summed E-state index contributed by atoms with van der Waals surface area (Å²) in [4.78, 5) is 15.0. The number of piperidine rings is 1. The second kappa shape index (κ2) is 8.43. The molecule has 1 N–H and O–H groups in total. The fourth-order valence-corrected chi connectivity index (χ4v) is 3.69. The zero-order valence-electron chi connectivity index (χ0n) is 15.2. The van der Waals surface area contributed by atoms with Gasteiger partial charge in [-0.05, 0) is 74.2 Å². The molecule has 3 nitrogen and oxygen atoms in total. The zero-order chi connectivity index (χ0) is 18.7. The Morgan fingerprint density at radius 3 is 2.65 bits per heavy atom. The van der Waals surface area contributed by atoms with Crippen LogP contribution in [0.4, 0.5) is 5.69 Å². The van der Waals surface area contributed by atoms with E-state index < -0.39 is 0 Å². The van der Waals surface area contributed by atoms with Crippen molar-refractivity contribution >= 4 is 34.8 Å². The van der Waals surface area contributed by atoms with Gasteiger partial charge in [-0.15, -0.1) is 0 Å². The molecule has 2 aromatic rings. The van der Waals surface area contributed by atoms with Crippen molar-refractivity contribution in [2.24, 2.45) is 5.92 Å². The summed E-state index contributed by atoms with van der Waals surface area (Å²) in [5, 5.41) is 4.22. The Kier molecular flexibility index (Phi) is 6.23. The first-order chi connectivity index (χ1) is 12.4. The maximum atomic E-state index is 12.7. The van der Waals surface area contributed by atoms with Gasteiger partial charge in [0, 0.05) is 18.8 Å². The molecule has 3 rings (SSSR count). The van der Waals surface area contributed by atoms with Crippen LogP contribution in [0.25, 0.3) is 0 Å². The number of likely N-dealkylation sites (tertiary alicyclic amines) is 1. The molecule has 1 atom stereocenters. The highest BCUT2D eigenvalue weighted by atomic mass is 35.5. The Bertz CT molecular complexity index is 807. The summed E-state index contributed by atoms with van der Waals surface area (Å²) in [6.07, 6.45) is 1.95. The molecule has 1 aliphatic rings. The van der Waals surface area contributed by atoms with Gasteiger partial charge in [0.25, 0.3) is 0 Å². The zero-order valence-corrected chi connectivity index (χ0v) is 16.7. The Morgan fingerprint density at radius 1 is 1.12 bits per heavy atom. The summed E-state index contributed by atoms with van der Waals surface area (Å²) in [7, 11) is 0. The Labute approximate surface area is 165 Å². The molecule has 2 aromatic carbocycles. The Morgan fingerprint density at radius 2 is 1.92 bits per heavy atom. The number of amides is 1. The topological polar surface area (TPSA) is 32.3 Å².